The molecule has 32 heavy (non-hydrogen) atoms. The lowest BCUT2D eigenvalue weighted by Gasteiger charge is -2.11. The number of amides is 2. The molecule has 0 spiro atoms. The van der Waals surface area contributed by atoms with Crippen LogP contribution >= 0.6 is 11.6 Å². The number of H-pyrrole nitrogens is 1. The molecule has 3 heterocycles. The Morgan fingerprint density at radius 1 is 1.22 bits per heavy atom. The minimum Gasteiger partial charge on any atom is -0.464 e. The molecule has 2 amide bonds. The van der Waals surface area contributed by atoms with Crippen LogP contribution in [-0.2, 0) is 12.7 Å². The van der Waals surface area contributed by atoms with Crippen LogP contribution in [-0.4, -0.2) is 43.0 Å². The third-order valence-corrected chi connectivity index (χ3v) is 4.30. The zero-order valence-electron chi connectivity index (χ0n) is 17.1. The molecule has 0 aliphatic rings. The second-order valence-electron chi connectivity index (χ2n) is 6.54. The molecule has 0 aliphatic heterocycles. The van der Waals surface area contributed by atoms with Crippen LogP contribution in [0.5, 0.6) is 6.01 Å². The predicted molar refractivity (Wildman–Crippen MR) is 108 cm³/mol. The third-order valence-electron chi connectivity index (χ3n) is 4.11. The summed E-state index contributed by atoms with van der Waals surface area (Å²) >= 11 is 5.87. The van der Waals surface area contributed by atoms with E-state index in [1.807, 2.05) is 0 Å². The molecule has 3 rings (SSSR count). The van der Waals surface area contributed by atoms with Crippen LogP contribution in [0.4, 0.5) is 23.8 Å². The molecule has 0 aromatic carbocycles. The fraction of sp³-hybridized carbons (Fsp3) is 0.333. The van der Waals surface area contributed by atoms with Crippen molar-refractivity contribution in [3.05, 3.63) is 39.9 Å². The van der Waals surface area contributed by atoms with Crippen molar-refractivity contribution in [2.75, 3.05) is 11.9 Å². The van der Waals surface area contributed by atoms with Gasteiger partial charge in [0.05, 0.1) is 30.1 Å². The lowest BCUT2D eigenvalue weighted by molar-refractivity contribution is -0.140. The van der Waals surface area contributed by atoms with E-state index in [0.29, 0.717) is 17.9 Å². The highest BCUT2D eigenvalue weighted by Gasteiger charge is 2.38. The van der Waals surface area contributed by atoms with Gasteiger partial charge in [-0.1, -0.05) is 11.6 Å². The largest absolute Gasteiger partial charge is 0.464 e. The van der Waals surface area contributed by atoms with Gasteiger partial charge in [0.25, 0.3) is 0 Å². The summed E-state index contributed by atoms with van der Waals surface area (Å²) in [6.45, 7) is 5.10. The number of aromatic nitrogens is 6. The molecule has 3 N–H and O–H groups in total. The van der Waals surface area contributed by atoms with Gasteiger partial charge in [-0.25, -0.2) is 4.79 Å². The highest BCUT2D eigenvalue weighted by molar-refractivity contribution is 6.29. The molecule has 170 valence electrons. The van der Waals surface area contributed by atoms with E-state index in [9.17, 15) is 18.0 Å². The van der Waals surface area contributed by atoms with E-state index in [-0.39, 0.29) is 40.5 Å². The number of carbonyl (C=O) groups is 1. The minimum atomic E-state index is -4.64. The third kappa shape index (κ3) is 5.41. The van der Waals surface area contributed by atoms with Gasteiger partial charge in [-0.15, -0.1) is 5.10 Å². The summed E-state index contributed by atoms with van der Waals surface area (Å²) in [5.74, 6) is 0.124. The van der Waals surface area contributed by atoms with Crippen molar-refractivity contribution < 1.29 is 22.7 Å². The summed E-state index contributed by atoms with van der Waals surface area (Å²) in [5.41, 5.74) is -0.174. The Balaban J connectivity index is 1.70. The standard InChI is InChI=1S/C18H18ClF3N8O2/c1-4-32-17-24-11(19)6-12(26-17)25-16(31)23-7-10-5-8(2)14(29-28-10)13-9(3)27-30-15(13)18(20,21)22/h5-6H,4,7H2,1-3H3,(H,27,30)(H2,23,24,25,26,31). The van der Waals surface area contributed by atoms with Crippen LogP contribution in [0.3, 0.4) is 0 Å². The molecular weight excluding hydrogens is 453 g/mol. The Morgan fingerprint density at radius 3 is 2.62 bits per heavy atom. The van der Waals surface area contributed by atoms with E-state index in [1.54, 1.807) is 13.8 Å². The SMILES string of the molecule is CCOc1nc(Cl)cc(NC(=O)NCc2cc(C)c(-c3c(C(F)(F)F)n[nH]c3C)nn2)n1. The summed E-state index contributed by atoms with van der Waals surface area (Å²) in [6.07, 6.45) is -4.64. The molecule has 14 heteroatoms. The lowest BCUT2D eigenvalue weighted by Crippen LogP contribution is -2.29. The number of hydrogen-bond acceptors (Lipinski definition) is 7. The molecule has 0 aliphatic carbocycles. The molecule has 0 saturated carbocycles. The molecule has 0 saturated heterocycles. The molecule has 0 unspecified atom stereocenters. The van der Waals surface area contributed by atoms with Gasteiger partial charge in [-0.2, -0.15) is 33.3 Å². The summed E-state index contributed by atoms with van der Waals surface area (Å²) in [5, 5.41) is 18.6. The number of rotatable bonds is 6. The van der Waals surface area contributed by atoms with Gasteiger partial charge in [-0.05, 0) is 32.4 Å². The van der Waals surface area contributed by atoms with E-state index in [0.717, 1.165) is 0 Å². The number of alkyl halides is 3. The number of urea groups is 1. The first kappa shape index (κ1) is 23.2. The Morgan fingerprint density at radius 2 is 1.97 bits per heavy atom. The molecule has 0 radical (unpaired) electrons. The number of carbonyl (C=O) groups excluding carboxylic acids is 1. The molecule has 3 aromatic rings. The van der Waals surface area contributed by atoms with Crippen LogP contribution in [0, 0.1) is 13.8 Å². The first-order valence-electron chi connectivity index (χ1n) is 9.26. The number of aromatic amines is 1. The maximum atomic E-state index is 13.2. The summed E-state index contributed by atoms with van der Waals surface area (Å²) in [7, 11) is 0. The first-order valence-corrected chi connectivity index (χ1v) is 9.64. The molecule has 0 atom stereocenters. The number of anilines is 1. The fourth-order valence-corrected chi connectivity index (χ4v) is 2.96. The van der Waals surface area contributed by atoms with Crippen LogP contribution in [0.15, 0.2) is 12.1 Å². The smallest absolute Gasteiger partial charge is 0.435 e. The van der Waals surface area contributed by atoms with Crippen molar-refractivity contribution in [2.24, 2.45) is 0 Å². The number of aryl methyl sites for hydroxylation is 2. The van der Waals surface area contributed by atoms with Gasteiger partial charge < -0.3 is 10.1 Å². The van der Waals surface area contributed by atoms with Crippen LogP contribution < -0.4 is 15.4 Å². The normalized spacial score (nSPS) is 11.3. The van der Waals surface area contributed by atoms with Crippen LogP contribution in [0.25, 0.3) is 11.3 Å². The zero-order chi connectivity index (χ0) is 23.5. The van der Waals surface area contributed by atoms with Crippen molar-refractivity contribution in [2.45, 2.75) is 33.5 Å². The van der Waals surface area contributed by atoms with Crippen molar-refractivity contribution in [1.82, 2.24) is 35.7 Å². The van der Waals surface area contributed by atoms with Crippen LogP contribution in [0.2, 0.25) is 5.15 Å². The van der Waals surface area contributed by atoms with Gasteiger partial charge in [-0.3, -0.25) is 10.4 Å². The average Bonchev–Trinajstić information content (AvgIpc) is 3.08. The monoisotopic (exact) mass is 470 g/mol. The Bertz CT molecular complexity index is 1140. The molecule has 10 nitrogen and oxygen atoms in total. The quantitative estimate of drug-likeness (QED) is 0.468. The van der Waals surface area contributed by atoms with E-state index in [4.69, 9.17) is 16.3 Å². The minimum absolute atomic E-state index is 0.0140. The topological polar surface area (TPSA) is 131 Å². The van der Waals surface area contributed by atoms with Crippen molar-refractivity contribution in [3.8, 4) is 17.3 Å². The van der Waals surface area contributed by atoms with Crippen LogP contribution in [0.1, 0.15) is 29.6 Å². The number of halogens is 4. The lowest BCUT2D eigenvalue weighted by atomic mass is 10.0. The van der Waals surface area contributed by atoms with Gasteiger partial charge in [0.1, 0.15) is 11.0 Å². The van der Waals surface area contributed by atoms with E-state index < -0.39 is 17.9 Å². The van der Waals surface area contributed by atoms with Gasteiger partial charge in [0, 0.05) is 11.8 Å². The highest BCUT2D eigenvalue weighted by Crippen LogP contribution is 2.37. The average molecular weight is 471 g/mol. The Kier molecular flexibility index (Phi) is 6.77. The highest BCUT2D eigenvalue weighted by atomic mass is 35.5. The number of nitrogens with one attached hydrogen (secondary N) is 3. The molecule has 0 fully saturated rings. The molecular formula is C18H18ClF3N8O2. The van der Waals surface area contributed by atoms with Gasteiger partial charge in [0.15, 0.2) is 5.69 Å². The maximum absolute atomic E-state index is 13.2. The number of ether oxygens (including phenoxy) is 1. The van der Waals surface area contributed by atoms with Crippen molar-refractivity contribution in [3.63, 3.8) is 0 Å². The summed E-state index contributed by atoms with van der Waals surface area (Å²) in [6, 6.07) is 2.27. The van der Waals surface area contributed by atoms with Gasteiger partial charge in [0.2, 0.25) is 0 Å². The fourth-order valence-electron chi connectivity index (χ4n) is 2.78. The number of nitrogens with zero attached hydrogens (tertiary/aromatic N) is 5. The molecule has 0 bridgehead atoms. The van der Waals surface area contributed by atoms with Gasteiger partial charge >= 0.3 is 18.2 Å². The maximum Gasteiger partial charge on any atom is 0.435 e. The van der Waals surface area contributed by atoms with E-state index >= 15 is 0 Å². The Labute approximate surface area is 185 Å². The number of hydrogen-bond donors (Lipinski definition) is 3. The van der Waals surface area contributed by atoms with E-state index in [2.05, 4.69) is 41.0 Å². The molecule has 3 aromatic heterocycles. The zero-order valence-corrected chi connectivity index (χ0v) is 17.9. The second-order valence-corrected chi connectivity index (χ2v) is 6.92. The van der Waals surface area contributed by atoms with E-state index in [1.165, 1.54) is 19.1 Å². The Hall–Kier alpha value is -3.48. The summed E-state index contributed by atoms with van der Waals surface area (Å²) < 4.78 is 44.8. The van der Waals surface area contributed by atoms with Crippen molar-refractivity contribution in [1.29, 1.82) is 0 Å². The predicted octanol–water partition coefficient (Wildman–Crippen LogP) is 3.67. The summed E-state index contributed by atoms with van der Waals surface area (Å²) in [4.78, 5) is 20.0. The first-order chi connectivity index (χ1) is 15.1. The van der Waals surface area contributed by atoms with Crippen molar-refractivity contribution >= 4 is 23.4 Å². The second kappa shape index (κ2) is 9.34.